The van der Waals surface area contributed by atoms with Gasteiger partial charge in [0.2, 0.25) is 0 Å². The SMILES string of the molecule is CCNC(=NCC1CCCN1CC)NCC1CCCN1C.I. The van der Waals surface area contributed by atoms with Gasteiger partial charge in [0.25, 0.3) is 0 Å². The predicted octanol–water partition coefficient (Wildman–Crippen LogP) is 1.74. The minimum Gasteiger partial charge on any atom is -0.357 e. The van der Waals surface area contributed by atoms with Crippen LogP contribution < -0.4 is 10.6 Å². The van der Waals surface area contributed by atoms with Gasteiger partial charge < -0.3 is 15.5 Å². The van der Waals surface area contributed by atoms with Crippen molar-refractivity contribution in [2.75, 3.05) is 46.3 Å². The predicted molar refractivity (Wildman–Crippen MR) is 105 cm³/mol. The standard InChI is InChI=1S/C16H33N5.HI/c1-4-17-16(18-12-14-8-6-10-20(14)3)19-13-15-9-7-11-21(15)5-2;/h14-15H,4-13H2,1-3H3,(H2,17,18,19);1H. The van der Waals surface area contributed by atoms with Crippen molar-refractivity contribution in [2.45, 2.75) is 51.6 Å². The number of rotatable bonds is 6. The van der Waals surface area contributed by atoms with Crippen molar-refractivity contribution in [1.82, 2.24) is 20.4 Å². The average Bonchev–Trinajstić information content (AvgIpc) is 3.10. The molecule has 0 spiro atoms. The summed E-state index contributed by atoms with van der Waals surface area (Å²) in [5, 5.41) is 6.91. The van der Waals surface area contributed by atoms with Crippen LogP contribution in [0.15, 0.2) is 4.99 Å². The quantitative estimate of drug-likeness (QED) is 0.388. The van der Waals surface area contributed by atoms with E-state index in [9.17, 15) is 0 Å². The number of nitrogens with zero attached hydrogens (tertiary/aromatic N) is 3. The van der Waals surface area contributed by atoms with Gasteiger partial charge >= 0.3 is 0 Å². The number of aliphatic imine (C=N–C) groups is 1. The van der Waals surface area contributed by atoms with E-state index in [4.69, 9.17) is 4.99 Å². The number of likely N-dealkylation sites (N-methyl/N-ethyl adjacent to an activating group) is 2. The first-order valence-corrected chi connectivity index (χ1v) is 8.71. The Kier molecular flexibility index (Phi) is 9.66. The summed E-state index contributed by atoms with van der Waals surface area (Å²) >= 11 is 0. The number of guanidine groups is 1. The van der Waals surface area contributed by atoms with Gasteiger partial charge in [0.15, 0.2) is 5.96 Å². The monoisotopic (exact) mass is 423 g/mol. The van der Waals surface area contributed by atoms with Gasteiger partial charge in [0.05, 0.1) is 6.54 Å². The molecule has 5 nitrogen and oxygen atoms in total. The maximum Gasteiger partial charge on any atom is 0.191 e. The van der Waals surface area contributed by atoms with Crippen LogP contribution in [0.3, 0.4) is 0 Å². The zero-order valence-electron chi connectivity index (χ0n) is 14.5. The van der Waals surface area contributed by atoms with E-state index in [0.717, 1.165) is 32.1 Å². The molecule has 2 atom stereocenters. The summed E-state index contributed by atoms with van der Waals surface area (Å²) < 4.78 is 0. The molecule has 130 valence electrons. The second-order valence-electron chi connectivity index (χ2n) is 6.30. The molecule has 2 heterocycles. The molecule has 6 heteroatoms. The van der Waals surface area contributed by atoms with Crippen molar-refractivity contribution in [1.29, 1.82) is 0 Å². The van der Waals surface area contributed by atoms with E-state index >= 15 is 0 Å². The zero-order valence-corrected chi connectivity index (χ0v) is 16.8. The normalized spacial score (nSPS) is 27.0. The lowest BCUT2D eigenvalue weighted by molar-refractivity contribution is 0.272. The molecule has 0 aromatic heterocycles. The first-order valence-electron chi connectivity index (χ1n) is 8.71. The highest BCUT2D eigenvalue weighted by molar-refractivity contribution is 14.0. The number of nitrogens with one attached hydrogen (secondary N) is 2. The highest BCUT2D eigenvalue weighted by Gasteiger charge is 2.23. The Hall–Kier alpha value is -0.0800. The Balaban J connectivity index is 0.00000242. The van der Waals surface area contributed by atoms with E-state index in [1.165, 1.54) is 38.8 Å². The summed E-state index contributed by atoms with van der Waals surface area (Å²) in [7, 11) is 2.22. The van der Waals surface area contributed by atoms with E-state index in [-0.39, 0.29) is 24.0 Å². The van der Waals surface area contributed by atoms with E-state index in [1.807, 2.05) is 0 Å². The molecular weight excluding hydrogens is 389 g/mol. The van der Waals surface area contributed by atoms with Crippen molar-refractivity contribution in [3.63, 3.8) is 0 Å². The van der Waals surface area contributed by atoms with Crippen LogP contribution in [0.2, 0.25) is 0 Å². The Morgan fingerprint density at radius 3 is 2.45 bits per heavy atom. The Bertz CT molecular complexity index is 336. The molecule has 2 rings (SSSR count). The molecule has 0 bridgehead atoms. The summed E-state index contributed by atoms with van der Waals surface area (Å²) in [4.78, 5) is 9.82. The third-order valence-electron chi connectivity index (χ3n) is 4.89. The molecule has 0 saturated carbocycles. The highest BCUT2D eigenvalue weighted by atomic mass is 127. The third-order valence-corrected chi connectivity index (χ3v) is 4.89. The lowest BCUT2D eigenvalue weighted by Gasteiger charge is -2.23. The highest BCUT2D eigenvalue weighted by Crippen LogP contribution is 2.16. The van der Waals surface area contributed by atoms with Crippen molar-refractivity contribution < 1.29 is 0 Å². The van der Waals surface area contributed by atoms with Crippen LogP contribution in [0.1, 0.15) is 39.5 Å². The molecule has 2 aliphatic rings. The first-order chi connectivity index (χ1) is 10.2. The molecule has 2 fully saturated rings. The van der Waals surface area contributed by atoms with Gasteiger partial charge in [-0.3, -0.25) is 9.89 Å². The van der Waals surface area contributed by atoms with Gasteiger partial charge in [0, 0.05) is 25.2 Å². The number of hydrogen-bond acceptors (Lipinski definition) is 3. The van der Waals surface area contributed by atoms with Gasteiger partial charge in [-0.25, -0.2) is 0 Å². The lowest BCUT2D eigenvalue weighted by atomic mass is 10.2. The van der Waals surface area contributed by atoms with Gasteiger partial charge in [-0.05, 0) is 59.3 Å². The zero-order chi connectivity index (χ0) is 15.1. The van der Waals surface area contributed by atoms with E-state index in [1.54, 1.807) is 0 Å². The minimum absolute atomic E-state index is 0. The Labute approximate surface area is 153 Å². The second kappa shape index (κ2) is 10.6. The van der Waals surface area contributed by atoms with Gasteiger partial charge in [0.1, 0.15) is 0 Å². The van der Waals surface area contributed by atoms with E-state index in [2.05, 4.69) is 41.3 Å². The largest absolute Gasteiger partial charge is 0.357 e. The number of halogens is 1. The molecule has 0 aromatic carbocycles. The van der Waals surface area contributed by atoms with Gasteiger partial charge in [-0.1, -0.05) is 6.92 Å². The second-order valence-corrected chi connectivity index (χ2v) is 6.30. The summed E-state index contributed by atoms with van der Waals surface area (Å²) in [6, 6.07) is 1.30. The lowest BCUT2D eigenvalue weighted by Crippen LogP contribution is -2.44. The first kappa shape index (κ1) is 20.0. The van der Waals surface area contributed by atoms with Crippen LogP contribution in [0.5, 0.6) is 0 Å². The van der Waals surface area contributed by atoms with Gasteiger partial charge in [-0.15, -0.1) is 24.0 Å². The van der Waals surface area contributed by atoms with E-state index in [0.29, 0.717) is 12.1 Å². The van der Waals surface area contributed by atoms with Crippen molar-refractivity contribution in [3.05, 3.63) is 0 Å². The van der Waals surface area contributed by atoms with Crippen molar-refractivity contribution >= 4 is 29.9 Å². The average molecular weight is 423 g/mol. The maximum atomic E-state index is 4.81. The Morgan fingerprint density at radius 2 is 1.82 bits per heavy atom. The molecule has 2 unspecified atom stereocenters. The van der Waals surface area contributed by atoms with Crippen LogP contribution in [-0.4, -0.2) is 74.2 Å². The summed E-state index contributed by atoms with van der Waals surface area (Å²) in [6.45, 7) is 10.9. The maximum absolute atomic E-state index is 4.81. The van der Waals surface area contributed by atoms with Crippen LogP contribution in [0.25, 0.3) is 0 Å². The smallest absolute Gasteiger partial charge is 0.191 e. The molecule has 2 aliphatic heterocycles. The number of likely N-dealkylation sites (tertiary alicyclic amines) is 2. The topological polar surface area (TPSA) is 42.9 Å². The molecule has 0 aliphatic carbocycles. The molecule has 22 heavy (non-hydrogen) atoms. The van der Waals surface area contributed by atoms with Crippen LogP contribution >= 0.6 is 24.0 Å². The van der Waals surface area contributed by atoms with Gasteiger partial charge in [-0.2, -0.15) is 0 Å². The minimum atomic E-state index is 0. The fraction of sp³-hybridized carbons (Fsp3) is 0.938. The van der Waals surface area contributed by atoms with E-state index < -0.39 is 0 Å². The van der Waals surface area contributed by atoms with Crippen LogP contribution in [0.4, 0.5) is 0 Å². The summed E-state index contributed by atoms with van der Waals surface area (Å²) in [5.74, 6) is 0.987. The molecule has 0 aromatic rings. The fourth-order valence-electron chi connectivity index (χ4n) is 3.51. The van der Waals surface area contributed by atoms with Crippen LogP contribution in [0, 0.1) is 0 Å². The Morgan fingerprint density at radius 1 is 1.09 bits per heavy atom. The molecule has 2 saturated heterocycles. The molecular formula is C16H34IN5. The molecule has 0 radical (unpaired) electrons. The molecule has 2 N–H and O–H groups in total. The molecule has 0 amide bonds. The summed E-state index contributed by atoms with van der Waals surface area (Å²) in [5.41, 5.74) is 0. The number of hydrogen-bond donors (Lipinski definition) is 2. The van der Waals surface area contributed by atoms with Crippen molar-refractivity contribution in [3.8, 4) is 0 Å². The fourth-order valence-corrected chi connectivity index (χ4v) is 3.51. The third kappa shape index (κ3) is 5.85. The summed E-state index contributed by atoms with van der Waals surface area (Å²) in [6.07, 6.45) is 5.24. The van der Waals surface area contributed by atoms with Crippen LogP contribution in [-0.2, 0) is 0 Å². The van der Waals surface area contributed by atoms with Crippen molar-refractivity contribution in [2.24, 2.45) is 4.99 Å².